The van der Waals surface area contributed by atoms with E-state index in [2.05, 4.69) is 5.32 Å². The molecule has 4 heteroatoms. The van der Waals surface area contributed by atoms with E-state index in [0.717, 1.165) is 12.1 Å². The van der Waals surface area contributed by atoms with E-state index in [0.29, 0.717) is 18.5 Å². The molecule has 2 nitrogen and oxygen atoms in total. The van der Waals surface area contributed by atoms with Crippen LogP contribution in [-0.2, 0) is 4.74 Å². The molecule has 0 saturated carbocycles. The lowest BCUT2D eigenvalue weighted by Gasteiger charge is -2.29. The first kappa shape index (κ1) is 15.1. The Bertz CT molecular complexity index is 393. The molecule has 0 aliphatic rings. The number of rotatable bonds is 6. The molecular weight excluding hydrogens is 236 g/mol. The van der Waals surface area contributed by atoms with Crippen molar-refractivity contribution < 1.29 is 13.5 Å². The highest BCUT2D eigenvalue weighted by atomic mass is 19.1. The Balaban J connectivity index is 3.00. The number of halogens is 2. The van der Waals surface area contributed by atoms with Crippen LogP contribution in [0, 0.1) is 11.6 Å². The van der Waals surface area contributed by atoms with E-state index >= 15 is 0 Å². The van der Waals surface area contributed by atoms with Crippen LogP contribution in [0.3, 0.4) is 0 Å². The Kier molecular flexibility index (Phi) is 5.23. The minimum absolute atomic E-state index is 0.263. The van der Waals surface area contributed by atoms with E-state index in [1.807, 2.05) is 20.8 Å². The van der Waals surface area contributed by atoms with E-state index in [4.69, 9.17) is 4.74 Å². The second-order valence-electron chi connectivity index (χ2n) is 4.94. The SMILES string of the molecule is CCNC(CC(C)(C)OC)c1cc(F)ccc1F. The maximum absolute atomic E-state index is 13.8. The molecule has 0 spiro atoms. The third kappa shape index (κ3) is 4.03. The lowest BCUT2D eigenvalue weighted by molar-refractivity contribution is 0.00668. The fourth-order valence-corrected chi connectivity index (χ4v) is 1.90. The van der Waals surface area contributed by atoms with Gasteiger partial charge in [0.25, 0.3) is 0 Å². The normalized spacial score (nSPS) is 13.7. The van der Waals surface area contributed by atoms with Gasteiger partial charge in [0.05, 0.1) is 5.60 Å². The average molecular weight is 257 g/mol. The maximum Gasteiger partial charge on any atom is 0.128 e. The number of methoxy groups -OCH3 is 1. The second kappa shape index (κ2) is 6.25. The van der Waals surface area contributed by atoms with Crippen molar-refractivity contribution in [2.24, 2.45) is 0 Å². The predicted octanol–water partition coefficient (Wildman–Crippen LogP) is 3.43. The fraction of sp³-hybridized carbons (Fsp3) is 0.571. The summed E-state index contributed by atoms with van der Waals surface area (Å²) < 4.78 is 32.4. The summed E-state index contributed by atoms with van der Waals surface area (Å²) in [5.41, 5.74) is -0.0482. The molecule has 1 unspecified atom stereocenters. The zero-order valence-corrected chi connectivity index (χ0v) is 11.4. The van der Waals surface area contributed by atoms with Crippen LogP contribution in [0.2, 0.25) is 0 Å². The van der Waals surface area contributed by atoms with Crippen LogP contribution in [0.5, 0.6) is 0 Å². The largest absolute Gasteiger partial charge is 0.379 e. The van der Waals surface area contributed by atoms with Crippen molar-refractivity contribution in [1.29, 1.82) is 0 Å². The quantitative estimate of drug-likeness (QED) is 0.843. The molecule has 0 amide bonds. The topological polar surface area (TPSA) is 21.3 Å². The first-order valence-corrected chi connectivity index (χ1v) is 6.13. The summed E-state index contributed by atoms with van der Waals surface area (Å²) in [6, 6.07) is 3.27. The molecule has 0 bridgehead atoms. The summed E-state index contributed by atoms with van der Waals surface area (Å²) in [7, 11) is 1.62. The van der Waals surface area contributed by atoms with E-state index in [-0.39, 0.29) is 6.04 Å². The van der Waals surface area contributed by atoms with Gasteiger partial charge < -0.3 is 10.1 Å². The molecular formula is C14H21F2NO. The van der Waals surface area contributed by atoms with Gasteiger partial charge in [0.2, 0.25) is 0 Å². The zero-order valence-electron chi connectivity index (χ0n) is 11.4. The Morgan fingerprint density at radius 3 is 2.56 bits per heavy atom. The summed E-state index contributed by atoms with van der Waals surface area (Å²) in [5, 5.41) is 3.17. The molecule has 0 aliphatic carbocycles. The van der Waals surface area contributed by atoms with Crippen molar-refractivity contribution in [3.05, 3.63) is 35.4 Å². The third-order valence-electron chi connectivity index (χ3n) is 3.03. The van der Waals surface area contributed by atoms with Gasteiger partial charge in [-0.05, 0) is 45.0 Å². The van der Waals surface area contributed by atoms with Crippen LogP contribution in [-0.4, -0.2) is 19.3 Å². The number of hydrogen-bond acceptors (Lipinski definition) is 2. The van der Waals surface area contributed by atoms with Crippen molar-refractivity contribution in [2.75, 3.05) is 13.7 Å². The fourth-order valence-electron chi connectivity index (χ4n) is 1.90. The van der Waals surface area contributed by atoms with Crippen molar-refractivity contribution in [1.82, 2.24) is 5.32 Å². The van der Waals surface area contributed by atoms with Crippen LogP contribution in [0.25, 0.3) is 0 Å². The van der Waals surface area contributed by atoms with Crippen LogP contribution >= 0.6 is 0 Å². The molecule has 0 aliphatic heterocycles. The van der Waals surface area contributed by atoms with Gasteiger partial charge in [0.15, 0.2) is 0 Å². The smallest absolute Gasteiger partial charge is 0.128 e. The van der Waals surface area contributed by atoms with Gasteiger partial charge in [0.1, 0.15) is 11.6 Å². The molecule has 102 valence electrons. The van der Waals surface area contributed by atoms with Gasteiger partial charge in [-0.2, -0.15) is 0 Å². The van der Waals surface area contributed by atoms with Crippen LogP contribution in [0.1, 0.15) is 38.8 Å². The summed E-state index contributed by atoms with van der Waals surface area (Å²) in [6.07, 6.45) is 0.567. The Morgan fingerprint density at radius 1 is 1.33 bits per heavy atom. The molecule has 1 rings (SSSR count). The van der Waals surface area contributed by atoms with Gasteiger partial charge in [-0.1, -0.05) is 6.92 Å². The minimum atomic E-state index is -0.426. The Labute approximate surface area is 107 Å². The minimum Gasteiger partial charge on any atom is -0.379 e. The van der Waals surface area contributed by atoms with Crippen molar-refractivity contribution in [3.8, 4) is 0 Å². The highest BCUT2D eigenvalue weighted by Crippen LogP contribution is 2.28. The molecule has 1 N–H and O–H groups in total. The molecule has 0 saturated heterocycles. The van der Waals surface area contributed by atoms with Crippen LogP contribution < -0.4 is 5.32 Å². The molecule has 1 aromatic carbocycles. The standard InChI is InChI=1S/C14H21F2NO/c1-5-17-13(9-14(2,3)18-4)11-8-10(15)6-7-12(11)16/h6-8,13,17H,5,9H2,1-4H3. The zero-order chi connectivity index (χ0) is 13.8. The number of benzene rings is 1. The molecule has 0 radical (unpaired) electrons. The molecule has 18 heavy (non-hydrogen) atoms. The van der Waals surface area contributed by atoms with Gasteiger partial charge in [0, 0.05) is 18.7 Å². The van der Waals surface area contributed by atoms with Crippen molar-refractivity contribution in [2.45, 2.75) is 38.8 Å². The summed E-state index contributed by atoms with van der Waals surface area (Å²) in [5.74, 6) is -0.821. The lowest BCUT2D eigenvalue weighted by atomic mass is 9.93. The monoisotopic (exact) mass is 257 g/mol. The molecule has 0 aromatic heterocycles. The van der Waals surface area contributed by atoms with E-state index < -0.39 is 17.2 Å². The second-order valence-corrected chi connectivity index (χ2v) is 4.94. The van der Waals surface area contributed by atoms with Crippen molar-refractivity contribution in [3.63, 3.8) is 0 Å². The highest BCUT2D eigenvalue weighted by molar-refractivity contribution is 5.22. The highest BCUT2D eigenvalue weighted by Gasteiger charge is 2.25. The third-order valence-corrected chi connectivity index (χ3v) is 3.03. The van der Waals surface area contributed by atoms with Gasteiger partial charge >= 0.3 is 0 Å². The van der Waals surface area contributed by atoms with Crippen LogP contribution in [0.15, 0.2) is 18.2 Å². The van der Waals surface area contributed by atoms with Gasteiger partial charge in [-0.3, -0.25) is 0 Å². The first-order chi connectivity index (χ1) is 8.39. The van der Waals surface area contributed by atoms with Gasteiger partial charge in [-0.25, -0.2) is 8.78 Å². The summed E-state index contributed by atoms with van der Waals surface area (Å²) in [6.45, 7) is 6.47. The molecule has 1 aromatic rings. The summed E-state index contributed by atoms with van der Waals surface area (Å²) >= 11 is 0. The molecule has 0 heterocycles. The van der Waals surface area contributed by atoms with E-state index in [1.54, 1.807) is 7.11 Å². The Hall–Kier alpha value is -1.00. The lowest BCUT2D eigenvalue weighted by Crippen LogP contribution is -2.32. The molecule has 0 fully saturated rings. The van der Waals surface area contributed by atoms with E-state index in [1.165, 1.54) is 6.07 Å². The number of nitrogens with one attached hydrogen (secondary N) is 1. The van der Waals surface area contributed by atoms with Gasteiger partial charge in [-0.15, -0.1) is 0 Å². The predicted molar refractivity (Wildman–Crippen MR) is 68.5 cm³/mol. The molecule has 1 atom stereocenters. The number of ether oxygens (including phenoxy) is 1. The first-order valence-electron chi connectivity index (χ1n) is 6.13. The van der Waals surface area contributed by atoms with E-state index in [9.17, 15) is 8.78 Å². The average Bonchev–Trinajstić information content (AvgIpc) is 2.31. The number of hydrogen-bond donors (Lipinski definition) is 1. The van der Waals surface area contributed by atoms with Crippen molar-refractivity contribution >= 4 is 0 Å². The van der Waals surface area contributed by atoms with Crippen LogP contribution in [0.4, 0.5) is 8.78 Å². The Morgan fingerprint density at radius 2 is 2.00 bits per heavy atom. The maximum atomic E-state index is 13.8. The summed E-state index contributed by atoms with van der Waals surface area (Å²) in [4.78, 5) is 0.